The van der Waals surface area contributed by atoms with Gasteiger partial charge in [-0.1, -0.05) is 0 Å². The Hall–Kier alpha value is -0.860. The van der Waals surface area contributed by atoms with Crippen LogP contribution in [-0.2, 0) is 9.53 Å². The molecule has 3 heteroatoms. The molecular formula is C6H11NO2. The minimum Gasteiger partial charge on any atom is -0.462 e. The van der Waals surface area contributed by atoms with Gasteiger partial charge in [0.2, 0.25) is 0 Å². The Balaban J connectivity index is 3.38. The fourth-order valence-electron chi connectivity index (χ4n) is 0.391. The molecule has 0 fully saturated rings. The summed E-state index contributed by atoms with van der Waals surface area (Å²) < 4.78 is 4.72. The molecule has 0 aliphatic carbocycles. The van der Waals surface area contributed by atoms with Crippen molar-refractivity contribution in [3.63, 3.8) is 0 Å². The minimum absolute atomic E-state index is 0.0538. The molecule has 0 radical (unpaired) electrons. The number of aliphatic imine (C=N–C) groups is 1. The molecule has 0 rings (SSSR count). The second kappa shape index (κ2) is 4.06. The summed E-state index contributed by atoms with van der Waals surface area (Å²) in [5, 5.41) is 0. The fourth-order valence-corrected chi connectivity index (χ4v) is 0.391. The summed E-state index contributed by atoms with van der Waals surface area (Å²) in [5.41, 5.74) is 0. The van der Waals surface area contributed by atoms with Gasteiger partial charge in [0.05, 0.1) is 6.10 Å². The van der Waals surface area contributed by atoms with Gasteiger partial charge in [-0.25, -0.2) is 0 Å². The zero-order chi connectivity index (χ0) is 7.28. The van der Waals surface area contributed by atoms with E-state index >= 15 is 0 Å². The van der Waals surface area contributed by atoms with Crippen molar-refractivity contribution in [1.29, 1.82) is 0 Å². The highest BCUT2D eigenvalue weighted by atomic mass is 16.5. The fraction of sp³-hybridized carbons (Fsp3) is 0.667. The van der Waals surface area contributed by atoms with Crippen molar-refractivity contribution < 1.29 is 9.53 Å². The van der Waals surface area contributed by atoms with E-state index in [1.807, 2.05) is 0 Å². The zero-order valence-corrected chi connectivity index (χ0v) is 5.76. The van der Waals surface area contributed by atoms with Crippen LogP contribution < -0.4 is 0 Å². The quantitative estimate of drug-likeness (QED) is 0.414. The van der Waals surface area contributed by atoms with Crippen LogP contribution in [0.3, 0.4) is 0 Å². The first-order valence-electron chi connectivity index (χ1n) is 2.78. The van der Waals surface area contributed by atoms with E-state index in [1.54, 1.807) is 13.8 Å². The average Bonchev–Trinajstić information content (AvgIpc) is 1.63. The number of ether oxygens (including phenoxy) is 1. The molecular weight excluding hydrogens is 118 g/mol. The van der Waals surface area contributed by atoms with E-state index in [9.17, 15) is 4.79 Å². The Morgan fingerprint density at radius 1 is 1.78 bits per heavy atom. The number of nitrogens with zero attached hydrogens (tertiary/aromatic N) is 1. The third-order valence-electron chi connectivity index (χ3n) is 0.608. The van der Waals surface area contributed by atoms with E-state index in [0.717, 1.165) is 0 Å². The molecule has 0 aliphatic heterocycles. The first-order chi connectivity index (χ1) is 4.16. The van der Waals surface area contributed by atoms with Crippen LogP contribution in [0.25, 0.3) is 0 Å². The normalized spacial score (nSPS) is 9.22. The molecule has 0 aromatic rings. The number of carbonyl (C=O) groups excluding carboxylic acids is 1. The Morgan fingerprint density at radius 3 is 2.67 bits per heavy atom. The van der Waals surface area contributed by atoms with E-state index in [1.165, 1.54) is 0 Å². The molecule has 9 heavy (non-hydrogen) atoms. The molecule has 0 unspecified atom stereocenters. The van der Waals surface area contributed by atoms with Gasteiger partial charge in [-0.2, -0.15) is 0 Å². The van der Waals surface area contributed by atoms with Gasteiger partial charge in [0.15, 0.2) is 0 Å². The van der Waals surface area contributed by atoms with Gasteiger partial charge in [-0.15, -0.1) is 0 Å². The Morgan fingerprint density at radius 2 is 2.33 bits per heavy atom. The van der Waals surface area contributed by atoms with Gasteiger partial charge < -0.3 is 4.74 Å². The third kappa shape index (κ3) is 5.00. The van der Waals surface area contributed by atoms with Crippen LogP contribution >= 0.6 is 0 Å². The zero-order valence-electron chi connectivity index (χ0n) is 5.76. The van der Waals surface area contributed by atoms with E-state index < -0.39 is 0 Å². The lowest BCUT2D eigenvalue weighted by Crippen LogP contribution is -2.13. The van der Waals surface area contributed by atoms with Crippen molar-refractivity contribution in [3.8, 4) is 0 Å². The highest BCUT2D eigenvalue weighted by molar-refractivity contribution is 5.72. The Bertz CT molecular complexity index is 110. The van der Waals surface area contributed by atoms with Gasteiger partial charge >= 0.3 is 5.97 Å². The van der Waals surface area contributed by atoms with Crippen molar-refractivity contribution >= 4 is 12.7 Å². The molecule has 0 amide bonds. The van der Waals surface area contributed by atoms with Gasteiger partial charge in [0.25, 0.3) is 0 Å². The van der Waals surface area contributed by atoms with Crippen molar-refractivity contribution in [2.45, 2.75) is 20.0 Å². The van der Waals surface area contributed by atoms with E-state index in [2.05, 4.69) is 11.7 Å². The van der Waals surface area contributed by atoms with Crippen LogP contribution in [0, 0.1) is 0 Å². The molecule has 0 saturated heterocycles. The molecule has 0 saturated carbocycles. The highest BCUT2D eigenvalue weighted by Crippen LogP contribution is 1.87. The third-order valence-corrected chi connectivity index (χ3v) is 0.608. The first-order valence-corrected chi connectivity index (χ1v) is 2.78. The minimum atomic E-state index is -0.319. The lowest BCUT2D eigenvalue weighted by Gasteiger charge is -2.04. The average molecular weight is 129 g/mol. The summed E-state index contributed by atoms with van der Waals surface area (Å²) in [7, 11) is 0. The van der Waals surface area contributed by atoms with Crippen molar-refractivity contribution in [2.24, 2.45) is 4.99 Å². The summed E-state index contributed by atoms with van der Waals surface area (Å²) in [6, 6.07) is 0. The van der Waals surface area contributed by atoms with Gasteiger partial charge in [0, 0.05) is 0 Å². The number of esters is 1. The first kappa shape index (κ1) is 8.14. The van der Waals surface area contributed by atoms with Crippen LogP contribution in [0.4, 0.5) is 0 Å². The maximum absolute atomic E-state index is 10.5. The van der Waals surface area contributed by atoms with Crippen LogP contribution in [0.2, 0.25) is 0 Å². The van der Waals surface area contributed by atoms with Gasteiger partial charge in [-0.05, 0) is 20.6 Å². The van der Waals surface area contributed by atoms with E-state index in [0.29, 0.717) is 0 Å². The van der Waals surface area contributed by atoms with Crippen molar-refractivity contribution in [3.05, 3.63) is 0 Å². The van der Waals surface area contributed by atoms with Crippen molar-refractivity contribution in [2.75, 3.05) is 6.54 Å². The highest BCUT2D eigenvalue weighted by Gasteiger charge is 2.01. The van der Waals surface area contributed by atoms with Gasteiger partial charge in [-0.3, -0.25) is 9.79 Å². The predicted molar refractivity (Wildman–Crippen MR) is 35.6 cm³/mol. The summed E-state index contributed by atoms with van der Waals surface area (Å²) in [6.07, 6.45) is -0.0563. The molecule has 52 valence electrons. The summed E-state index contributed by atoms with van der Waals surface area (Å²) >= 11 is 0. The second-order valence-corrected chi connectivity index (χ2v) is 1.92. The summed E-state index contributed by atoms with van der Waals surface area (Å²) in [4.78, 5) is 13.9. The molecule has 0 heterocycles. The van der Waals surface area contributed by atoms with Crippen LogP contribution in [-0.4, -0.2) is 25.3 Å². The Labute approximate surface area is 54.7 Å². The molecule has 0 atom stereocenters. The maximum atomic E-state index is 10.5. The molecule has 0 aliphatic rings. The van der Waals surface area contributed by atoms with Gasteiger partial charge in [0.1, 0.15) is 6.54 Å². The van der Waals surface area contributed by atoms with Crippen LogP contribution in [0.15, 0.2) is 4.99 Å². The molecule has 0 aromatic carbocycles. The monoisotopic (exact) mass is 129 g/mol. The number of rotatable bonds is 3. The molecule has 0 spiro atoms. The summed E-state index contributed by atoms with van der Waals surface area (Å²) in [5.74, 6) is -0.319. The molecule has 0 bridgehead atoms. The molecule has 0 N–H and O–H groups in total. The number of hydrogen-bond donors (Lipinski definition) is 0. The summed E-state index contributed by atoms with van der Waals surface area (Å²) in [6.45, 7) is 6.80. The SMILES string of the molecule is C=NCC(=O)OC(C)C. The van der Waals surface area contributed by atoms with E-state index in [-0.39, 0.29) is 18.6 Å². The van der Waals surface area contributed by atoms with Crippen LogP contribution in [0.5, 0.6) is 0 Å². The molecule has 3 nitrogen and oxygen atoms in total. The number of hydrogen-bond acceptors (Lipinski definition) is 3. The largest absolute Gasteiger partial charge is 0.462 e. The maximum Gasteiger partial charge on any atom is 0.327 e. The smallest absolute Gasteiger partial charge is 0.327 e. The second-order valence-electron chi connectivity index (χ2n) is 1.92. The Kier molecular flexibility index (Phi) is 3.67. The van der Waals surface area contributed by atoms with Crippen molar-refractivity contribution in [1.82, 2.24) is 0 Å². The topological polar surface area (TPSA) is 38.7 Å². The molecule has 0 aromatic heterocycles. The lowest BCUT2D eigenvalue weighted by molar-refractivity contribution is -0.145. The standard InChI is InChI=1S/C6H11NO2/c1-5(2)9-6(8)4-7-3/h5H,3-4H2,1-2H3. The number of carbonyl (C=O) groups is 1. The van der Waals surface area contributed by atoms with Crippen LogP contribution in [0.1, 0.15) is 13.8 Å². The predicted octanol–water partition coefficient (Wildman–Crippen LogP) is 0.639. The van der Waals surface area contributed by atoms with E-state index in [4.69, 9.17) is 4.74 Å². The lowest BCUT2D eigenvalue weighted by atomic mass is 10.5.